The summed E-state index contributed by atoms with van der Waals surface area (Å²) >= 11 is 0. The Hall–Kier alpha value is -8.00. The predicted molar refractivity (Wildman–Crippen MR) is 270 cm³/mol. The van der Waals surface area contributed by atoms with E-state index in [2.05, 4.69) is 51.5 Å². The predicted octanol–water partition coefficient (Wildman–Crippen LogP) is 5.41. The van der Waals surface area contributed by atoms with E-state index >= 15 is 0 Å². The molecule has 8 aromatic rings. The maximum absolute atomic E-state index is 14.0. The monoisotopic (exact) mass is 970 g/mol. The summed E-state index contributed by atoms with van der Waals surface area (Å²) < 4.78 is 18.3. The number of aromatic nitrogens is 8. The largest absolute Gasteiger partial charge is 0.493 e. The van der Waals surface area contributed by atoms with Gasteiger partial charge in [0.05, 0.1) is 72.6 Å². The van der Waals surface area contributed by atoms with Crippen LogP contribution in [-0.2, 0) is 24.1 Å². The molecule has 72 heavy (non-hydrogen) atoms. The van der Waals surface area contributed by atoms with Crippen LogP contribution in [0.25, 0.3) is 44.1 Å². The van der Waals surface area contributed by atoms with Gasteiger partial charge in [-0.3, -0.25) is 24.7 Å². The highest BCUT2D eigenvalue weighted by molar-refractivity contribution is 5.95. The van der Waals surface area contributed by atoms with Crippen molar-refractivity contribution in [3.05, 3.63) is 141 Å². The van der Waals surface area contributed by atoms with Gasteiger partial charge in [0, 0.05) is 92.9 Å². The van der Waals surface area contributed by atoms with E-state index in [1.54, 1.807) is 36.8 Å². The Labute approximate surface area is 413 Å². The van der Waals surface area contributed by atoms with E-state index in [9.17, 15) is 19.5 Å². The van der Waals surface area contributed by atoms with Gasteiger partial charge in [0.2, 0.25) is 0 Å². The lowest BCUT2D eigenvalue weighted by atomic mass is 9.91. The molecule has 1 amide bonds. The molecular formula is C53H54N12O7. The number of ether oxygens (including phenoxy) is 3. The highest BCUT2D eigenvalue weighted by Crippen LogP contribution is 2.38. The number of likely N-dealkylation sites (N-methyl/N-ethyl adjacent to an activating group) is 2. The summed E-state index contributed by atoms with van der Waals surface area (Å²) in [6.07, 6.45) is 8.16. The Morgan fingerprint density at radius 1 is 0.778 bits per heavy atom. The lowest BCUT2D eigenvalue weighted by Gasteiger charge is -2.30. The number of carbonyl (C=O) groups excluding carboxylic acids is 1. The van der Waals surface area contributed by atoms with E-state index in [0.717, 1.165) is 81.0 Å². The summed E-state index contributed by atoms with van der Waals surface area (Å²) in [4.78, 5) is 64.2. The molecule has 1 fully saturated rings. The highest BCUT2D eigenvalue weighted by atomic mass is 16.5. The molecule has 7 heterocycles. The van der Waals surface area contributed by atoms with Crippen molar-refractivity contribution in [1.29, 1.82) is 0 Å². The van der Waals surface area contributed by atoms with Crippen molar-refractivity contribution in [2.75, 3.05) is 84.7 Å². The molecule has 0 bridgehead atoms. The molecular weight excluding hydrogens is 917 g/mol. The third kappa shape index (κ3) is 9.73. The molecule has 19 heteroatoms. The molecule has 0 spiro atoms. The number of hydrogen-bond acceptors (Lipinski definition) is 14. The van der Waals surface area contributed by atoms with Crippen LogP contribution in [0.4, 0.5) is 5.82 Å². The van der Waals surface area contributed by atoms with Crippen LogP contribution < -0.4 is 25.2 Å². The zero-order valence-electron chi connectivity index (χ0n) is 40.0. The molecule has 1 saturated heterocycles. The number of carboxylic acids is 1. The van der Waals surface area contributed by atoms with Crippen LogP contribution in [0.2, 0.25) is 0 Å². The lowest BCUT2D eigenvalue weighted by molar-refractivity contribution is 0.0383. The number of amides is 1. The number of benzene rings is 4. The topological polar surface area (TPSA) is 233 Å². The molecule has 4 aromatic heterocycles. The van der Waals surface area contributed by atoms with Crippen LogP contribution in [0, 0.1) is 0 Å². The van der Waals surface area contributed by atoms with Crippen LogP contribution in [0.5, 0.6) is 11.5 Å². The summed E-state index contributed by atoms with van der Waals surface area (Å²) in [7, 11) is 4.07. The Morgan fingerprint density at radius 2 is 1.49 bits per heavy atom. The van der Waals surface area contributed by atoms with Crippen molar-refractivity contribution in [3.8, 4) is 33.8 Å². The van der Waals surface area contributed by atoms with Gasteiger partial charge in [0.1, 0.15) is 29.0 Å². The summed E-state index contributed by atoms with van der Waals surface area (Å²) in [6, 6.07) is 20.5. The first-order chi connectivity index (χ1) is 35.1. The SMILES string of the molecule is CN(CCN(C)c1nc(C2COc3ccc(C(=O)O)cc3C2)nc2ccc(-c3cn[nH]c3)cc12)Cc1cc(C(=O)NCCN2CCOCC2)cc2c1OCC(c1nc3ccc(-c4cn[nH]c4)cc3c(=O)[nH]1)C2. The number of H-pyrrole nitrogens is 3. The number of morpholine rings is 1. The molecule has 0 saturated carbocycles. The fourth-order valence-corrected chi connectivity index (χ4v) is 9.90. The number of carbonyl (C=O) groups is 2. The van der Waals surface area contributed by atoms with Gasteiger partial charge in [-0.1, -0.05) is 12.1 Å². The average molecular weight is 971 g/mol. The third-order valence-electron chi connectivity index (χ3n) is 13.9. The molecule has 19 nitrogen and oxygen atoms in total. The molecule has 4 aromatic carbocycles. The van der Waals surface area contributed by atoms with Crippen LogP contribution >= 0.6 is 0 Å². The number of aromatic carboxylic acids is 1. The quantitative estimate of drug-likeness (QED) is 0.0865. The fourth-order valence-electron chi connectivity index (χ4n) is 9.90. The summed E-state index contributed by atoms with van der Waals surface area (Å²) in [5, 5.41) is 28.1. The fraction of sp³-hybridized carbons (Fsp3) is 0.321. The van der Waals surface area contributed by atoms with E-state index in [4.69, 9.17) is 29.2 Å². The summed E-state index contributed by atoms with van der Waals surface area (Å²) in [5.74, 6) is 1.66. The molecule has 2 atom stereocenters. The van der Waals surface area contributed by atoms with Gasteiger partial charge >= 0.3 is 5.97 Å². The second-order valence-corrected chi connectivity index (χ2v) is 18.8. The standard InChI is InChI=1S/C53H54N12O7/c1-63(11-12-64(2)50-42-22-31(40-24-55-56-25-40)3-6-44(42)59-48(61-50)38-18-34-17-33(53(68)69)5-8-46(34)71-29-38)28-37-21-36(51(66)54-9-10-65-13-15-70-16-14-65)19-35-20-39(30-72-47(35)37)49-60-45-7-4-32(41-26-57-58-27-41)23-43(45)52(67)62-49/h3-8,17,19,21-27,38-39H,9-16,18,20,28-30H2,1-2H3,(H,54,66)(H,55,56)(H,57,58)(H,68,69)(H,60,62,67). The molecule has 3 aliphatic heterocycles. The van der Waals surface area contributed by atoms with Gasteiger partial charge in [0.15, 0.2) is 0 Å². The van der Waals surface area contributed by atoms with Crippen molar-refractivity contribution < 1.29 is 28.9 Å². The van der Waals surface area contributed by atoms with Gasteiger partial charge in [-0.2, -0.15) is 10.2 Å². The van der Waals surface area contributed by atoms with Crippen LogP contribution in [0.1, 0.15) is 60.9 Å². The van der Waals surface area contributed by atoms with E-state index < -0.39 is 5.97 Å². The van der Waals surface area contributed by atoms with Gasteiger partial charge in [-0.25, -0.2) is 19.7 Å². The number of nitrogens with one attached hydrogen (secondary N) is 4. The molecule has 5 N–H and O–H groups in total. The van der Waals surface area contributed by atoms with Gasteiger partial charge in [-0.05, 0) is 96.7 Å². The van der Waals surface area contributed by atoms with Crippen molar-refractivity contribution in [3.63, 3.8) is 0 Å². The van der Waals surface area contributed by atoms with Crippen LogP contribution in [0.15, 0.2) is 96.3 Å². The van der Waals surface area contributed by atoms with Gasteiger partial charge < -0.3 is 39.4 Å². The van der Waals surface area contributed by atoms with Crippen LogP contribution in [-0.4, -0.2) is 147 Å². The molecule has 0 radical (unpaired) electrons. The normalized spacial score (nSPS) is 16.8. The maximum atomic E-state index is 14.0. The van der Waals surface area contributed by atoms with Crippen LogP contribution in [0.3, 0.4) is 0 Å². The van der Waals surface area contributed by atoms with E-state index in [1.807, 2.05) is 62.8 Å². The second-order valence-electron chi connectivity index (χ2n) is 18.8. The first-order valence-corrected chi connectivity index (χ1v) is 24.2. The first-order valence-electron chi connectivity index (χ1n) is 24.2. The molecule has 0 aliphatic carbocycles. The zero-order valence-corrected chi connectivity index (χ0v) is 40.0. The minimum Gasteiger partial charge on any atom is -0.493 e. The van der Waals surface area contributed by atoms with E-state index in [0.29, 0.717) is 99.3 Å². The lowest BCUT2D eigenvalue weighted by Crippen LogP contribution is -2.41. The zero-order chi connectivity index (χ0) is 49.3. The number of fused-ring (bicyclic) bond motifs is 4. The average Bonchev–Trinajstić information content (AvgIpc) is 4.16. The van der Waals surface area contributed by atoms with E-state index in [1.165, 1.54) is 0 Å². The third-order valence-corrected chi connectivity index (χ3v) is 13.9. The van der Waals surface area contributed by atoms with Gasteiger partial charge in [0.25, 0.3) is 11.5 Å². The number of nitrogens with zero attached hydrogens (tertiary/aromatic N) is 8. The van der Waals surface area contributed by atoms with E-state index in [-0.39, 0.29) is 28.9 Å². The summed E-state index contributed by atoms with van der Waals surface area (Å²) in [6.45, 7) is 6.59. The van der Waals surface area contributed by atoms with Gasteiger partial charge in [-0.15, -0.1) is 0 Å². The number of carboxylic acid groups (broad SMARTS) is 1. The minimum atomic E-state index is -0.992. The molecule has 11 rings (SSSR count). The smallest absolute Gasteiger partial charge is 0.335 e. The maximum Gasteiger partial charge on any atom is 0.335 e. The number of rotatable bonds is 15. The number of aromatic amines is 3. The number of hydrogen-bond donors (Lipinski definition) is 5. The first kappa shape index (κ1) is 46.4. The highest BCUT2D eigenvalue weighted by Gasteiger charge is 2.30. The Bertz CT molecular complexity index is 3360. The molecule has 3 aliphatic rings. The second kappa shape index (κ2) is 20.0. The Balaban J connectivity index is 0.849. The molecule has 368 valence electrons. The molecule has 2 unspecified atom stereocenters. The van der Waals surface area contributed by atoms with Crippen molar-refractivity contribution >= 4 is 39.5 Å². The Morgan fingerprint density at radius 3 is 2.22 bits per heavy atom. The Kier molecular flexibility index (Phi) is 12.9. The minimum absolute atomic E-state index is 0.169. The number of anilines is 1. The van der Waals surface area contributed by atoms with Crippen molar-refractivity contribution in [2.24, 2.45) is 0 Å². The van der Waals surface area contributed by atoms with Crippen molar-refractivity contribution in [1.82, 2.24) is 55.4 Å². The summed E-state index contributed by atoms with van der Waals surface area (Å²) in [5.41, 5.74) is 8.06. The van der Waals surface area contributed by atoms with Crippen molar-refractivity contribution in [2.45, 2.75) is 31.2 Å².